The van der Waals surface area contributed by atoms with Gasteiger partial charge in [0, 0.05) is 50.7 Å². The second-order valence-corrected chi connectivity index (χ2v) is 9.04. The number of benzene rings is 1. The van der Waals surface area contributed by atoms with Crippen molar-refractivity contribution in [3.63, 3.8) is 0 Å². The molecule has 0 atom stereocenters. The van der Waals surface area contributed by atoms with Crippen molar-refractivity contribution in [2.75, 3.05) is 0 Å². The standard InChI is InChI=1S/C24H16N4O3S.Mg/c29-32(30,31)24-12-18-10-16-6-5-14(25-16)9-15-7-8-17(26-15)11-21-19-3-1-2-4-20(19)22(28-21)13-23(24)27-18;/h1-13,25,27H,(H,29,30,31);. The van der Waals surface area contributed by atoms with Gasteiger partial charge in [0.15, 0.2) is 0 Å². The highest BCUT2D eigenvalue weighted by Crippen LogP contribution is 2.36. The Morgan fingerprint density at radius 3 is 2.03 bits per heavy atom. The molecule has 3 N–H and O–H groups in total. The zero-order valence-corrected chi connectivity index (χ0v) is 19.5. The third-order valence-electron chi connectivity index (χ3n) is 5.42. The fourth-order valence-corrected chi connectivity index (χ4v) is 4.69. The van der Waals surface area contributed by atoms with Crippen molar-refractivity contribution in [3.8, 4) is 22.5 Å². The van der Waals surface area contributed by atoms with Crippen LogP contribution >= 0.6 is 0 Å². The number of nitrogens with zero attached hydrogens (tertiary/aromatic N) is 2. The largest absolute Gasteiger partial charge is 0.355 e. The zero-order chi connectivity index (χ0) is 21.9. The lowest BCUT2D eigenvalue weighted by molar-refractivity contribution is 0.484. The maximum Gasteiger partial charge on any atom is 0.296 e. The van der Waals surface area contributed by atoms with Gasteiger partial charge in [-0.15, -0.1) is 0 Å². The molecule has 0 saturated heterocycles. The first kappa shape index (κ1) is 21.6. The molecule has 9 heteroatoms. The molecule has 4 aromatic rings. The minimum Gasteiger partial charge on any atom is -0.355 e. The van der Waals surface area contributed by atoms with Crippen LogP contribution in [-0.2, 0) is 10.1 Å². The fourth-order valence-electron chi connectivity index (χ4n) is 4.03. The number of nitrogens with one attached hydrogen (secondary N) is 2. The van der Waals surface area contributed by atoms with Gasteiger partial charge in [0.2, 0.25) is 0 Å². The molecule has 158 valence electrons. The van der Waals surface area contributed by atoms with E-state index in [9.17, 15) is 13.0 Å². The number of H-pyrrole nitrogens is 2. The molecule has 8 bridgehead atoms. The summed E-state index contributed by atoms with van der Waals surface area (Å²) < 4.78 is 33.9. The van der Waals surface area contributed by atoms with Crippen molar-refractivity contribution in [2.45, 2.75) is 4.90 Å². The number of rotatable bonds is 1. The summed E-state index contributed by atoms with van der Waals surface area (Å²) in [5.41, 5.74) is 7.14. The normalized spacial score (nSPS) is 12.3. The van der Waals surface area contributed by atoms with Crippen LogP contribution in [0.3, 0.4) is 0 Å². The van der Waals surface area contributed by atoms with E-state index in [2.05, 4.69) is 15.0 Å². The van der Waals surface area contributed by atoms with Gasteiger partial charge in [-0.1, -0.05) is 24.3 Å². The third kappa shape index (κ3) is 4.00. The van der Waals surface area contributed by atoms with E-state index >= 15 is 0 Å². The Morgan fingerprint density at radius 2 is 1.33 bits per heavy atom. The number of hydrogen-bond donors (Lipinski definition) is 3. The molecule has 7 nitrogen and oxygen atoms in total. The molecule has 5 heterocycles. The predicted octanol–water partition coefficient (Wildman–Crippen LogP) is 4.69. The summed E-state index contributed by atoms with van der Waals surface area (Å²) in [6.07, 6.45) is 3.88. The Bertz CT molecular complexity index is 1720. The molecule has 6 rings (SSSR count). The van der Waals surface area contributed by atoms with E-state index in [1.165, 1.54) is 6.07 Å². The smallest absolute Gasteiger partial charge is 0.296 e. The first-order valence-electron chi connectivity index (χ1n) is 9.90. The highest BCUT2D eigenvalue weighted by atomic mass is 32.2. The molecule has 0 spiro atoms. The van der Waals surface area contributed by atoms with Crippen LogP contribution in [0.1, 0.15) is 11.4 Å². The third-order valence-corrected chi connectivity index (χ3v) is 6.32. The lowest BCUT2D eigenvalue weighted by atomic mass is 10.0. The highest BCUT2D eigenvalue weighted by Gasteiger charge is 2.19. The lowest BCUT2D eigenvalue weighted by Crippen LogP contribution is -1.96. The SMILES string of the molecule is O=S(=O)(O)c1cc2cc3ccc(cc4nc(cc5nc(cc1[nH]2)-c1ccccc1-5)C=C4)[nH]3.[Mg]. The first-order chi connectivity index (χ1) is 15.4. The fraction of sp³-hybridized carbons (Fsp3) is 0. The Balaban J connectivity index is 0.00000228. The van der Waals surface area contributed by atoms with Gasteiger partial charge in [-0.3, -0.25) is 4.55 Å². The predicted molar refractivity (Wildman–Crippen MR) is 130 cm³/mol. The number of aromatic nitrogens is 4. The number of fused-ring (bicyclic) bond motifs is 11. The molecular formula is C24H16MgN4O3S. The van der Waals surface area contributed by atoms with Crippen molar-refractivity contribution >= 4 is 67.4 Å². The summed E-state index contributed by atoms with van der Waals surface area (Å²) in [4.78, 5) is 15.6. The molecule has 2 radical (unpaired) electrons. The summed E-state index contributed by atoms with van der Waals surface area (Å²) in [6.45, 7) is 0. The van der Waals surface area contributed by atoms with Gasteiger partial charge >= 0.3 is 0 Å². The quantitative estimate of drug-likeness (QED) is 0.241. The van der Waals surface area contributed by atoms with Crippen LogP contribution in [0.2, 0.25) is 0 Å². The average Bonchev–Trinajstić information content (AvgIpc) is 3.52. The molecule has 0 saturated carbocycles. The molecule has 2 aliphatic heterocycles. The van der Waals surface area contributed by atoms with Crippen molar-refractivity contribution in [2.24, 2.45) is 0 Å². The van der Waals surface area contributed by atoms with Crippen LogP contribution in [0, 0.1) is 0 Å². The van der Waals surface area contributed by atoms with Gasteiger partial charge in [-0.2, -0.15) is 8.42 Å². The maximum absolute atomic E-state index is 12.1. The Morgan fingerprint density at radius 1 is 0.697 bits per heavy atom. The second-order valence-electron chi connectivity index (χ2n) is 7.65. The van der Waals surface area contributed by atoms with Crippen molar-refractivity contribution in [1.29, 1.82) is 0 Å². The molecule has 0 fully saturated rings. The molecule has 0 aliphatic carbocycles. The van der Waals surface area contributed by atoms with Crippen molar-refractivity contribution < 1.29 is 13.0 Å². The molecule has 2 aliphatic rings. The first-order valence-corrected chi connectivity index (χ1v) is 11.3. The number of hydrogen-bond acceptors (Lipinski definition) is 4. The van der Waals surface area contributed by atoms with Gasteiger partial charge in [-0.05, 0) is 54.6 Å². The molecular weight excluding hydrogens is 449 g/mol. The van der Waals surface area contributed by atoms with E-state index < -0.39 is 10.1 Å². The topological polar surface area (TPSA) is 112 Å². The summed E-state index contributed by atoms with van der Waals surface area (Å²) in [5.74, 6) is 0. The average molecular weight is 465 g/mol. The Hall–Kier alpha value is -3.24. The Kier molecular flexibility index (Phi) is 5.21. The lowest BCUT2D eigenvalue weighted by Gasteiger charge is -1.97. The molecule has 0 unspecified atom stereocenters. The zero-order valence-electron chi connectivity index (χ0n) is 17.3. The van der Waals surface area contributed by atoms with Gasteiger partial charge in [0.1, 0.15) is 4.90 Å². The van der Waals surface area contributed by atoms with Gasteiger partial charge in [0.25, 0.3) is 10.1 Å². The van der Waals surface area contributed by atoms with Gasteiger partial charge in [0.05, 0.1) is 28.3 Å². The maximum atomic E-state index is 12.1. The van der Waals surface area contributed by atoms with Crippen molar-refractivity contribution in [3.05, 3.63) is 78.1 Å². The van der Waals surface area contributed by atoms with Gasteiger partial charge < -0.3 is 9.97 Å². The highest BCUT2D eigenvalue weighted by molar-refractivity contribution is 7.86. The minimum absolute atomic E-state index is 0. The van der Waals surface area contributed by atoms with E-state index in [1.54, 1.807) is 12.1 Å². The van der Waals surface area contributed by atoms with Gasteiger partial charge in [-0.25, -0.2) is 9.97 Å². The van der Waals surface area contributed by atoms with Crippen molar-refractivity contribution in [1.82, 2.24) is 19.9 Å². The Labute approximate surface area is 205 Å². The summed E-state index contributed by atoms with van der Waals surface area (Å²) >= 11 is 0. The van der Waals surface area contributed by atoms with Crippen LogP contribution in [0.4, 0.5) is 0 Å². The number of aromatic amines is 2. The van der Waals surface area contributed by atoms with E-state index in [-0.39, 0.29) is 33.5 Å². The van der Waals surface area contributed by atoms with Crippen LogP contribution in [0.5, 0.6) is 0 Å². The van der Waals surface area contributed by atoms with Crippen LogP contribution in [-0.4, -0.2) is 56.0 Å². The van der Waals surface area contributed by atoms with Crippen LogP contribution in [0.15, 0.2) is 71.6 Å². The molecule has 33 heavy (non-hydrogen) atoms. The molecule has 0 amide bonds. The van der Waals surface area contributed by atoms with E-state index in [0.29, 0.717) is 11.2 Å². The van der Waals surface area contributed by atoms with Crippen LogP contribution < -0.4 is 0 Å². The van der Waals surface area contributed by atoms with Crippen LogP contribution in [0.25, 0.3) is 56.7 Å². The van der Waals surface area contributed by atoms with E-state index in [1.807, 2.05) is 60.7 Å². The molecule has 3 aromatic heterocycles. The van der Waals surface area contributed by atoms with E-state index in [4.69, 9.17) is 4.98 Å². The summed E-state index contributed by atoms with van der Waals surface area (Å²) in [5, 5.41) is 0. The summed E-state index contributed by atoms with van der Waals surface area (Å²) in [6, 6.07) is 20.2. The summed E-state index contributed by atoms with van der Waals surface area (Å²) in [7, 11) is -4.44. The monoisotopic (exact) mass is 464 g/mol. The molecule has 1 aromatic carbocycles. The second kappa shape index (κ2) is 7.96. The minimum atomic E-state index is -4.44. The van der Waals surface area contributed by atoms with E-state index in [0.717, 1.165) is 39.2 Å².